The van der Waals surface area contributed by atoms with Crippen molar-refractivity contribution >= 4 is 23.5 Å². The van der Waals surface area contributed by atoms with Gasteiger partial charge in [-0.05, 0) is 18.2 Å². The smallest absolute Gasteiger partial charge is 0.164 e. The predicted octanol–water partition coefficient (Wildman–Crippen LogP) is 3.81. The van der Waals surface area contributed by atoms with Crippen LogP contribution in [0.1, 0.15) is 5.56 Å². The largest absolute Gasteiger partial charge is 0.496 e. The van der Waals surface area contributed by atoms with Crippen molar-refractivity contribution in [1.29, 1.82) is 0 Å². The van der Waals surface area contributed by atoms with Crippen LogP contribution in [-0.4, -0.2) is 27.5 Å². The van der Waals surface area contributed by atoms with Crippen molar-refractivity contribution in [2.75, 3.05) is 26.8 Å². The maximum Gasteiger partial charge on any atom is 0.164 e. The van der Waals surface area contributed by atoms with Crippen LogP contribution in [-0.2, 0) is 0 Å². The number of hydrogen-bond donors (Lipinski definition) is 1. The summed E-state index contributed by atoms with van der Waals surface area (Å²) in [5.41, 5.74) is 4.36. The molecule has 2 aromatic carbocycles. The first kappa shape index (κ1) is 16.0. The molecule has 0 aliphatic rings. The van der Waals surface area contributed by atoms with E-state index in [2.05, 4.69) is 10.5 Å². The molecule has 22 heavy (non-hydrogen) atoms. The topological polar surface area (TPSA) is 52.1 Å². The van der Waals surface area contributed by atoms with Gasteiger partial charge < -0.3 is 14.2 Å². The number of rotatable bonds is 6. The summed E-state index contributed by atoms with van der Waals surface area (Å²) in [6.07, 6.45) is 1.63. The van der Waals surface area contributed by atoms with Crippen molar-refractivity contribution in [2.24, 2.45) is 5.10 Å². The second-order valence-corrected chi connectivity index (χ2v) is 4.71. The Morgan fingerprint density at radius 3 is 2.23 bits per heavy atom. The van der Waals surface area contributed by atoms with E-state index in [1.165, 1.54) is 0 Å². The number of halogens is 1. The van der Waals surface area contributed by atoms with Gasteiger partial charge in [-0.15, -0.1) is 0 Å². The van der Waals surface area contributed by atoms with Crippen LogP contribution in [0.3, 0.4) is 0 Å². The number of methoxy groups -OCH3 is 3. The highest BCUT2D eigenvalue weighted by atomic mass is 35.5. The quantitative estimate of drug-likeness (QED) is 0.649. The molecule has 5 nitrogen and oxygen atoms in total. The molecule has 0 saturated carbocycles. The van der Waals surface area contributed by atoms with Crippen molar-refractivity contribution in [3.8, 4) is 17.2 Å². The average molecular weight is 321 g/mol. The van der Waals surface area contributed by atoms with Gasteiger partial charge in [0.15, 0.2) is 11.5 Å². The summed E-state index contributed by atoms with van der Waals surface area (Å²) < 4.78 is 15.9. The Morgan fingerprint density at radius 2 is 1.59 bits per heavy atom. The molecule has 0 heterocycles. The van der Waals surface area contributed by atoms with Gasteiger partial charge in [0.25, 0.3) is 0 Å². The Balaban J connectivity index is 2.24. The van der Waals surface area contributed by atoms with Gasteiger partial charge in [-0.3, -0.25) is 5.43 Å². The van der Waals surface area contributed by atoms with Gasteiger partial charge in [0.2, 0.25) is 0 Å². The van der Waals surface area contributed by atoms with Crippen LogP contribution in [0.2, 0.25) is 5.02 Å². The van der Waals surface area contributed by atoms with Crippen LogP contribution in [0, 0.1) is 0 Å². The number of nitrogens with zero attached hydrogens (tertiary/aromatic N) is 1. The third kappa shape index (κ3) is 3.62. The molecule has 116 valence electrons. The molecule has 0 aliphatic heterocycles. The lowest BCUT2D eigenvalue weighted by atomic mass is 10.2. The van der Waals surface area contributed by atoms with Crippen LogP contribution in [0.25, 0.3) is 0 Å². The second kappa shape index (κ2) is 7.56. The Kier molecular flexibility index (Phi) is 5.49. The number of ether oxygens (including phenoxy) is 3. The number of hydrazone groups is 1. The molecule has 0 unspecified atom stereocenters. The fourth-order valence-corrected chi connectivity index (χ4v) is 2.05. The lowest BCUT2D eigenvalue weighted by molar-refractivity contribution is 0.349. The average Bonchev–Trinajstić information content (AvgIpc) is 2.56. The number of para-hydroxylation sites is 1. The highest BCUT2D eigenvalue weighted by Gasteiger charge is 2.10. The van der Waals surface area contributed by atoms with Crippen LogP contribution < -0.4 is 19.6 Å². The summed E-state index contributed by atoms with van der Waals surface area (Å²) >= 11 is 6.05. The second-order valence-electron chi connectivity index (χ2n) is 4.30. The summed E-state index contributed by atoms with van der Waals surface area (Å²) in [6.45, 7) is 0. The van der Waals surface area contributed by atoms with Crippen LogP contribution in [0.5, 0.6) is 17.2 Å². The van der Waals surface area contributed by atoms with Gasteiger partial charge in [-0.2, -0.15) is 5.10 Å². The van der Waals surface area contributed by atoms with Gasteiger partial charge in [0.1, 0.15) is 5.75 Å². The summed E-state index contributed by atoms with van der Waals surface area (Å²) in [6, 6.07) is 10.9. The molecule has 0 amide bonds. The fourth-order valence-electron chi connectivity index (χ4n) is 1.88. The molecule has 0 aliphatic carbocycles. The van der Waals surface area contributed by atoms with Crippen molar-refractivity contribution in [1.82, 2.24) is 0 Å². The first-order valence-corrected chi connectivity index (χ1v) is 6.91. The van der Waals surface area contributed by atoms with E-state index in [-0.39, 0.29) is 0 Å². The maximum absolute atomic E-state index is 6.05. The van der Waals surface area contributed by atoms with Crippen LogP contribution in [0.15, 0.2) is 41.5 Å². The number of benzene rings is 2. The molecular formula is C16H17ClN2O3. The molecule has 0 radical (unpaired) electrons. The van der Waals surface area contributed by atoms with E-state index >= 15 is 0 Å². The monoisotopic (exact) mass is 320 g/mol. The molecule has 0 spiro atoms. The minimum Gasteiger partial charge on any atom is -0.496 e. The van der Waals surface area contributed by atoms with E-state index in [0.717, 1.165) is 11.3 Å². The van der Waals surface area contributed by atoms with Crippen molar-refractivity contribution < 1.29 is 14.2 Å². The Hall–Kier alpha value is -2.40. The Morgan fingerprint density at radius 1 is 0.955 bits per heavy atom. The van der Waals surface area contributed by atoms with Crippen molar-refractivity contribution in [3.63, 3.8) is 0 Å². The summed E-state index contributed by atoms with van der Waals surface area (Å²) in [5, 5.41) is 4.77. The molecule has 0 aromatic heterocycles. The molecular weight excluding hydrogens is 304 g/mol. The highest BCUT2D eigenvalue weighted by Crippen LogP contribution is 2.33. The summed E-state index contributed by atoms with van der Waals surface area (Å²) in [7, 11) is 4.73. The molecule has 1 N–H and O–H groups in total. The van der Waals surface area contributed by atoms with Gasteiger partial charge in [0, 0.05) is 11.6 Å². The SMILES string of the molecule is COc1cc(OC)c(OC)cc1/C=N\Nc1ccccc1Cl. The number of hydrogen-bond acceptors (Lipinski definition) is 5. The third-order valence-electron chi connectivity index (χ3n) is 3.00. The Labute approximate surface area is 134 Å². The zero-order chi connectivity index (χ0) is 15.9. The zero-order valence-electron chi connectivity index (χ0n) is 12.6. The third-order valence-corrected chi connectivity index (χ3v) is 3.33. The van der Waals surface area contributed by atoms with Gasteiger partial charge >= 0.3 is 0 Å². The van der Waals surface area contributed by atoms with E-state index in [1.54, 1.807) is 45.7 Å². The van der Waals surface area contributed by atoms with E-state index in [1.807, 2.05) is 18.2 Å². The van der Waals surface area contributed by atoms with E-state index in [9.17, 15) is 0 Å². The maximum atomic E-state index is 6.05. The first-order chi connectivity index (χ1) is 10.7. The molecule has 2 aromatic rings. The summed E-state index contributed by atoms with van der Waals surface area (Å²) in [4.78, 5) is 0. The minimum absolute atomic E-state index is 0.593. The Bertz CT molecular complexity index is 674. The first-order valence-electron chi connectivity index (χ1n) is 6.53. The molecule has 0 fully saturated rings. The van der Waals surface area contributed by atoms with Crippen LogP contribution >= 0.6 is 11.6 Å². The van der Waals surface area contributed by atoms with Crippen LogP contribution in [0.4, 0.5) is 5.69 Å². The van der Waals surface area contributed by atoms with E-state index in [4.69, 9.17) is 25.8 Å². The predicted molar refractivity (Wildman–Crippen MR) is 88.8 cm³/mol. The number of nitrogens with one attached hydrogen (secondary N) is 1. The minimum atomic E-state index is 0.593. The van der Waals surface area contributed by atoms with Crippen molar-refractivity contribution in [3.05, 3.63) is 47.0 Å². The lowest BCUT2D eigenvalue weighted by Gasteiger charge is -2.11. The van der Waals surface area contributed by atoms with Crippen molar-refractivity contribution in [2.45, 2.75) is 0 Å². The fraction of sp³-hybridized carbons (Fsp3) is 0.188. The van der Waals surface area contributed by atoms with E-state index < -0.39 is 0 Å². The molecule has 0 atom stereocenters. The van der Waals surface area contributed by atoms with Gasteiger partial charge in [-0.25, -0.2) is 0 Å². The molecule has 0 bridgehead atoms. The van der Waals surface area contributed by atoms with E-state index in [0.29, 0.717) is 22.3 Å². The highest BCUT2D eigenvalue weighted by molar-refractivity contribution is 6.33. The molecule has 6 heteroatoms. The normalized spacial score (nSPS) is 10.5. The molecule has 0 saturated heterocycles. The summed E-state index contributed by atoms with van der Waals surface area (Å²) in [5.74, 6) is 1.82. The standard InChI is InChI=1S/C16H17ClN2O3/c1-20-14-9-16(22-3)15(21-2)8-11(14)10-18-19-13-7-5-4-6-12(13)17/h4-10,19H,1-3H3/b18-10-. The van der Waals surface area contributed by atoms with Gasteiger partial charge in [0.05, 0.1) is 38.3 Å². The zero-order valence-corrected chi connectivity index (χ0v) is 13.3. The van der Waals surface area contributed by atoms with Gasteiger partial charge in [-0.1, -0.05) is 23.7 Å². The lowest BCUT2D eigenvalue weighted by Crippen LogP contribution is -1.98. The number of anilines is 1. The molecule has 2 rings (SSSR count).